The van der Waals surface area contributed by atoms with Crippen LogP contribution in [0.15, 0.2) is 12.2 Å². The lowest BCUT2D eigenvalue weighted by molar-refractivity contribution is -0.154. The van der Waals surface area contributed by atoms with E-state index in [0.717, 1.165) is 77.2 Å². The smallest absolute Gasteiger partial charge is 0.306 e. The second kappa shape index (κ2) is 34.8. The van der Waals surface area contributed by atoms with Crippen LogP contribution in [-0.2, 0) is 38.1 Å². The molecule has 1 aliphatic rings. The van der Waals surface area contributed by atoms with E-state index in [2.05, 4.69) is 37.8 Å². The number of ether oxygens (including phenoxy) is 4. The van der Waals surface area contributed by atoms with Crippen molar-refractivity contribution in [1.82, 2.24) is 4.90 Å². The van der Waals surface area contributed by atoms with Crippen LogP contribution in [0.5, 0.6) is 0 Å². The van der Waals surface area contributed by atoms with Crippen LogP contribution >= 0.6 is 0 Å². The van der Waals surface area contributed by atoms with Crippen molar-refractivity contribution in [1.29, 1.82) is 0 Å². The summed E-state index contributed by atoms with van der Waals surface area (Å²) in [6.45, 7) is 7.45. The third-order valence-corrected chi connectivity index (χ3v) is 10.8. The summed E-state index contributed by atoms with van der Waals surface area (Å²) in [4.78, 5) is 53.2. The summed E-state index contributed by atoms with van der Waals surface area (Å²) in [5.41, 5.74) is 0. The third-order valence-electron chi connectivity index (χ3n) is 10.8. The Bertz CT molecular complexity index is 976. The van der Waals surface area contributed by atoms with Gasteiger partial charge in [-0.1, -0.05) is 136 Å². The fourth-order valence-electron chi connectivity index (χ4n) is 7.40. The van der Waals surface area contributed by atoms with Crippen LogP contribution in [0.1, 0.15) is 194 Å². The number of hydrogen-bond donors (Lipinski definition) is 0. The minimum atomic E-state index is -0.439. The summed E-state index contributed by atoms with van der Waals surface area (Å²) < 4.78 is 22.9. The Labute approximate surface area is 336 Å². The van der Waals surface area contributed by atoms with E-state index >= 15 is 0 Å². The predicted molar refractivity (Wildman–Crippen MR) is 223 cm³/mol. The van der Waals surface area contributed by atoms with Crippen LogP contribution in [0.2, 0.25) is 0 Å². The minimum Gasteiger partial charge on any atom is -0.465 e. The normalized spacial score (nSPS) is 17.0. The largest absolute Gasteiger partial charge is 0.465 e. The molecule has 1 rings (SSSR count). The zero-order valence-electron chi connectivity index (χ0n) is 36.1. The number of esters is 4. The average Bonchev–Trinajstić information content (AvgIpc) is 3.52. The van der Waals surface area contributed by atoms with Gasteiger partial charge in [-0.25, -0.2) is 0 Å². The number of nitrogens with zero attached hydrogens (tertiary/aromatic N) is 1. The van der Waals surface area contributed by atoms with E-state index in [1.165, 1.54) is 77.0 Å². The highest BCUT2D eigenvalue weighted by molar-refractivity contribution is 5.71. The molecule has 0 amide bonds. The Balaban J connectivity index is 2.64. The number of hydrogen-bond acceptors (Lipinski definition) is 9. The molecule has 0 heterocycles. The molecule has 0 saturated heterocycles. The molecule has 1 aliphatic carbocycles. The molecule has 1 fully saturated rings. The van der Waals surface area contributed by atoms with Crippen molar-refractivity contribution in [3.8, 4) is 0 Å². The number of carbonyl (C=O) groups is 4. The second-order valence-electron chi connectivity index (χ2n) is 16.3. The van der Waals surface area contributed by atoms with Crippen LogP contribution in [0, 0.1) is 17.8 Å². The molecule has 0 N–H and O–H groups in total. The van der Waals surface area contributed by atoms with Crippen LogP contribution in [0.3, 0.4) is 0 Å². The van der Waals surface area contributed by atoms with Gasteiger partial charge in [-0.3, -0.25) is 19.2 Å². The van der Waals surface area contributed by atoms with Crippen molar-refractivity contribution in [3.05, 3.63) is 12.2 Å². The summed E-state index contributed by atoms with van der Waals surface area (Å²) in [5.74, 6) is -1.40. The first-order valence-corrected chi connectivity index (χ1v) is 22.7. The molecule has 3 atom stereocenters. The van der Waals surface area contributed by atoms with Gasteiger partial charge < -0.3 is 23.8 Å². The molecule has 9 nitrogen and oxygen atoms in total. The highest BCUT2D eigenvalue weighted by Gasteiger charge is 2.39. The maximum absolute atomic E-state index is 13.2. The van der Waals surface area contributed by atoms with Gasteiger partial charge in [0.05, 0.1) is 5.92 Å². The molecule has 3 unspecified atom stereocenters. The van der Waals surface area contributed by atoms with Crippen molar-refractivity contribution in [2.75, 3.05) is 40.5 Å². The molecular weight excluding hydrogens is 695 g/mol. The van der Waals surface area contributed by atoms with Crippen LogP contribution in [0.25, 0.3) is 0 Å². The summed E-state index contributed by atoms with van der Waals surface area (Å²) in [5, 5.41) is 0. The van der Waals surface area contributed by atoms with Crippen LogP contribution in [-0.4, -0.2) is 75.3 Å². The van der Waals surface area contributed by atoms with Crippen molar-refractivity contribution in [2.45, 2.75) is 200 Å². The summed E-state index contributed by atoms with van der Waals surface area (Å²) >= 11 is 0. The van der Waals surface area contributed by atoms with Gasteiger partial charge in [0.15, 0.2) is 0 Å². The second-order valence-corrected chi connectivity index (χ2v) is 16.3. The number of rotatable bonds is 36. The van der Waals surface area contributed by atoms with Gasteiger partial charge in [0.1, 0.15) is 25.9 Å². The summed E-state index contributed by atoms with van der Waals surface area (Å²) in [6.07, 6.45) is 30.4. The molecule has 0 aromatic rings. The minimum absolute atomic E-state index is 0.00681. The Hall–Kier alpha value is -2.42. The molecule has 0 aromatic heterocycles. The SMILES string of the molecule is CC/C=C\CC1C(CC(=O)OCC(COC(=O)CCCCCCCCCCC)COC(=O)CCCCCCCCCCC)CCC1OC(=O)CCCN(C)C. The van der Waals surface area contributed by atoms with Crippen molar-refractivity contribution >= 4 is 23.9 Å². The van der Waals surface area contributed by atoms with E-state index in [-0.39, 0.29) is 68.1 Å². The Morgan fingerprint density at radius 2 is 1.02 bits per heavy atom. The van der Waals surface area contributed by atoms with E-state index in [1.807, 2.05) is 14.1 Å². The predicted octanol–water partition coefficient (Wildman–Crippen LogP) is 11.1. The van der Waals surface area contributed by atoms with E-state index in [0.29, 0.717) is 19.3 Å². The van der Waals surface area contributed by atoms with Crippen LogP contribution < -0.4 is 0 Å². The van der Waals surface area contributed by atoms with Gasteiger partial charge in [-0.2, -0.15) is 0 Å². The van der Waals surface area contributed by atoms with Gasteiger partial charge in [0.25, 0.3) is 0 Å². The molecular formula is C46H83NO8. The van der Waals surface area contributed by atoms with E-state index in [1.54, 1.807) is 0 Å². The Morgan fingerprint density at radius 3 is 1.49 bits per heavy atom. The molecule has 0 aliphatic heterocycles. The monoisotopic (exact) mass is 778 g/mol. The molecule has 320 valence electrons. The lowest BCUT2D eigenvalue weighted by Crippen LogP contribution is -2.28. The zero-order valence-corrected chi connectivity index (χ0v) is 36.1. The van der Waals surface area contributed by atoms with Crippen molar-refractivity contribution in [2.24, 2.45) is 17.8 Å². The molecule has 0 bridgehead atoms. The average molecular weight is 778 g/mol. The van der Waals surface area contributed by atoms with E-state index in [9.17, 15) is 19.2 Å². The number of carbonyl (C=O) groups excluding carboxylic acids is 4. The van der Waals surface area contributed by atoms with Crippen LogP contribution in [0.4, 0.5) is 0 Å². The van der Waals surface area contributed by atoms with Gasteiger partial charge in [-0.15, -0.1) is 0 Å². The van der Waals surface area contributed by atoms with Gasteiger partial charge >= 0.3 is 23.9 Å². The quantitative estimate of drug-likeness (QED) is 0.0266. The number of allylic oxidation sites excluding steroid dienone is 2. The summed E-state index contributed by atoms with van der Waals surface area (Å²) in [7, 11) is 3.98. The summed E-state index contributed by atoms with van der Waals surface area (Å²) in [6, 6.07) is 0. The third kappa shape index (κ3) is 28.6. The Morgan fingerprint density at radius 1 is 0.564 bits per heavy atom. The van der Waals surface area contributed by atoms with Crippen molar-refractivity contribution < 1.29 is 38.1 Å². The fourth-order valence-corrected chi connectivity index (χ4v) is 7.40. The molecule has 9 heteroatoms. The molecule has 0 spiro atoms. The molecule has 55 heavy (non-hydrogen) atoms. The van der Waals surface area contributed by atoms with E-state index in [4.69, 9.17) is 18.9 Å². The topological polar surface area (TPSA) is 108 Å². The maximum Gasteiger partial charge on any atom is 0.306 e. The zero-order chi connectivity index (χ0) is 40.4. The standard InChI is InChI=1S/C46H83NO8/c1-6-9-12-14-16-18-20-22-25-29-43(48)52-36-39(37-53-44(49)30-26-23-21-19-17-15-13-10-7-2)38-54-46(51)35-40-32-33-42(41(40)28-24-11-8-3)55-45(50)31-27-34-47(4)5/h11,24,39-42H,6-10,12-23,25-38H2,1-5H3/b24-11-. The highest BCUT2D eigenvalue weighted by Crippen LogP contribution is 2.39. The molecule has 0 aromatic carbocycles. The Kier molecular flexibility index (Phi) is 32.0. The molecule has 0 radical (unpaired) electrons. The van der Waals surface area contributed by atoms with Gasteiger partial charge in [0.2, 0.25) is 0 Å². The van der Waals surface area contributed by atoms with E-state index < -0.39 is 5.92 Å². The van der Waals surface area contributed by atoms with Crippen molar-refractivity contribution in [3.63, 3.8) is 0 Å². The first kappa shape index (κ1) is 50.6. The number of unbranched alkanes of at least 4 members (excludes halogenated alkanes) is 16. The lowest BCUT2D eigenvalue weighted by atomic mass is 9.88. The molecule has 1 saturated carbocycles. The first-order chi connectivity index (χ1) is 26.7. The lowest BCUT2D eigenvalue weighted by Gasteiger charge is -2.24. The van der Waals surface area contributed by atoms with Gasteiger partial charge in [-0.05, 0) is 71.5 Å². The first-order valence-electron chi connectivity index (χ1n) is 22.7. The van der Waals surface area contributed by atoms with Gasteiger partial charge in [0, 0.05) is 31.6 Å². The maximum atomic E-state index is 13.2. The highest BCUT2D eigenvalue weighted by atomic mass is 16.6. The fraction of sp³-hybridized carbons (Fsp3) is 0.870.